The fourth-order valence-corrected chi connectivity index (χ4v) is 6.37. The Hall–Kier alpha value is -4.05. The topological polar surface area (TPSA) is 88.4 Å². The molecule has 44 heavy (non-hydrogen) atoms. The molecule has 0 saturated heterocycles. The van der Waals surface area contributed by atoms with Crippen molar-refractivity contribution < 1.29 is 23.7 Å². The molecule has 0 saturated carbocycles. The Labute approximate surface area is 268 Å². The van der Waals surface area contributed by atoms with Gasteiger partial charge in [0, 0.05) is 15.6 Å². The van der Waals surface area contributed by atoms with Crippen molar-refractivity contribution >= 4 is 46.6 Å². The molecule has 0 N–H and O–H groups in total. The van der Waals surface area contributed by atoms with Crippen molar-refractivity contribution in [3.8, 4) is 17.2 Å². The van der Waals surface area contributed by atoms with Crippen LogP contribution in [0.25, 0.3) is 6.08 Å². The van der Waals surface area contributed by atoms with E-state index in [1.54, 1.807) is 61.9 Å². The number of nitrogens with zero attached hydrogens (tertiary/aromatic N) is 2. The van der Waals surface area contributed by atoms with Crippen LogP contribution in [0.15, 0.2) is 81.7 Å². The normalized spacial score (nSPS) is 14.6. The standard InChI is InChI=1S/C33H30Cl2N2O6S/c1-5-41-24-12-9-21(10-13-24)30-29(32(39)42-6-2)19(3)36-33-37(30)31(38)28(44-33)16-20-7-14-26(27(15-20)40-4)43-18-22-8-11-23(34)17-25(22)35/h7-17,30H,5-6,18H2,1-4H3/b28-16-/t30-/m1/s1. The summed E-state index contributed by atoms with van der Waals surface area (Å²) in [7, 11) is 1.55. The molecular weight excluding hydrogens is 623 g/mol. The smallest absolute Gasteiger partial charge is 0.338 e. The first-order valence-corrected chi connectivity index (χ1v) is 15.5. The van der Waals surface area contributed by atoms with E-state index in [0.717, 1.165) is 16.7 Å². The van der Waals surface area contributed by atoms with Crippen molar-refractivity contribution in [3.63, 3.8) is 0 Å². The number of benzene rings is 3. The summed E-state index contributed by atoms with van der Waals surface area (Å²) in [4.78, 5) is 32.2. The lowest BCUT2D eigenvalue weighted by molar-refractivity contribution is -0.139. The first-order valence-electron chi connectivity index (χ1n) is 13.9. The Morgan fingerprint density at radius 1 is 1.00 bits per heavy atom. The van der Waals surface area contributed by atoms with Gasteiger partial charge in [-0.15, -0.1) is 0 Å². The van der Waals surface area contributed by atoms with Gasteiger partial charge in [-0.3, -0.25) is 9.36 Å². The fourth-order valence-electron chi connectivity index (χ4n) is 4.86. The zero-order valence-electron chi connectivity index (χ0n) is 24.6. The zero-order chi connectivity index (χ0) is 31.4. The Morgan fingerprint density at radius 3 is 2.45 bits per heavy atom. The largest absolute Gasteiger partial charge is 0.494 e. The highest BCUT2D eigenvalue weighted by Crippen LogP contribution is 2.33. The quantitative estimate of drug-likeness (QED) is 0.193. The number of carbonyl (C=O) groups is 1. The van der Waals surface area contributed by atoms with Crippen LogP contribution in [-0.2, 0) is 16.1 Å². The van der Waals surface area contributed by atoms with E-state index in [4.69, 9.17) is 42.1 Å². The highest BCUT2D eigenvalue weighted by Gasteiger charge is 2.33. The molecule has 5 rings (SSSR count). The average molecular weight is 654 g/mol. The van der Waals surface area contributed by atoms with Crippen LogP contribution >= 0.6 is 34.5 Å². The van der Waals surface area contributed by atoms with Crippen molar-refractivity contribution in [1.29, 1.82) is 0 Å². The minimum absolute atomic E-state index is 0.199. The predicted octanol–water partition coefficient (Wildman–Crippen LogP) is 6.09. The summed E-state index contributed by atoms with van der Waals surface area (Å²) in [6, 6.07) is 17.3. The Kier molecular flexibility index (Phi) is 9.78. The number of methoxy groups -OCH3 is 1. The van der Waals surface area contributed by atoms with Gasteiger partial charge in [-0.25, -0.2) is 9.79 Å². The monoisotopic (exact) mass is 652 g/mol. The summed E-state index contributed by atoms with van der Waals surface area (Å²) in [5, 5.41) is 1.05. The molecule has 1 atom stereocenters. The second-order valence-electron chi connectivity index (χ2n) is 9.74. The van der Waals surface area contributed by atoms with Gasteiger partial charge in [0.25, 0.3) is 5.56 Å². The van der Waals surface area contributed by atoms with Crippen LogP contribution < -0.4 is 29.1 Å². The maximum absolute atomic E-state index is 13.9. The first kappa shape index (κ1) is 31.4. The van der Waals surface area contributed by atoms with Crippen LogP contribution in [0.5, 0.6) is 17.2 Å². The number of aromatic nitrogens is 1. The van der Waals surface area contributed by atoms with Crippen LogP contribution in [-0.4, -0.2) is 30.9 Å². The third-order valence-corrected chi connectivity index (χ3v) is 8.48. The van der Waals surface area contributed by atoms with Gasteiger partial charge >= 0.3 is 5.97 Å². The Bertz CT molecular complexity index is 1910. The summed E-state index contributed by atoms with van der Waals surface area (Å²) in [6.07, 6.45) is 1.77. The van der Waals surface area contributed by atoms with Crippen LogP contribution in [0, 0.1) is 0 Å². The molecule has 228 valence electrons. The number of esters is 1. The minimum Gasteiger partial charge on any atom is -0.494 e. The van der Waals surface area contributed by atoms with Crippen molar-refractivity contribution in [2.24, 2.45) is 4.99 Å². The van der Waals surface area contributed by atoms with E-state index < -0.39 is 12.0 Å². The van der Waals surface area contributed by atoms with E-state index >= 15 is 0 Å². The molecule has 1 aliphatic heterocycles. The lowest BCUT2D eigenvalue weighted by Crippen LogP contribution is -2.39. The van der Waals surface area contributed by atoms with Crippen molar-refractivity contribution in [1.82, 2.24) is 4.57 Å². The van der Waals surface area contributed by atoms with Gasteiger partial charge in [-0.05, 0) is 74.4 Å². The van der Waals surface area contributed by atoms with Gasteiger partial charge in [-0.1, -0.05) is 58.8 Å². The number of ether oxygens (including phenoxy) is 4. The molecule has 0 fully saturated rings. The molecule has 0 bridgehead atoms. The number of fused-ring (bicyclic) bond motifs is 1. The van der Waals surface area contributed by atoms with Gasteiger partial charge < -0.3 is 18.9 Å². The van der Waals surface area contributed by atoms with Gasteiger partial charge in [0.15, 0.2) is 16.3 Å². The van der Waals surface area contributed by atoms with Crippen LogP contribution in [0.3, 0.4) is 0 Å². The Balaban J connectivity index is 1.53. The predicted molar refractivity (Wildman–Crippen MR) is 172 cm³/mol. The number of hydrogen-bond acceptors (Lipinski definition) is 8. The van der Waals surface area contributed by atoms with Crippen molar-refractivity contribution in [2.45, 2.75) is 33.4 Å². The van der Waals surface area contributed by atoms with Gasteiger partial charge in [0.05, 0.1) is 42.2 Å². The molecule has 0 amide bonds. The molecule has 8 nitrogen and oxygen atoms in total. The van der Waals surface area contributed by atoms with Gasteiger partial charge in [-0.2, -0.15) is 0 Å². The highest BCUT2D eigenvalue weighted by atomic mass is 35.5. The van der Waals surface area contributed by atoms with E-state index in [-0.39, 0.29) is 18.8 Å². The molecule has 11 heteroatoms. The summed E-state index contributed by atoms with van der Waals surface area (Å²) >= 11 is 13.5. The second-order valence-corrected chi connectivity index (χ2v) is 11.6. The second kappa shape index (κ2) is 13.7. The molecule has 3 aromatic carbocycles. The number of allylic oxidation sites excluding steroid dienone is 1. The molecular formula is C33H30Cl2N2O6S. The van der Waals surface area contributed by atoms with Crippen molar-refractivity contribution in [2.75, 3.05) is 20.3 Å². The molecule has 1 aromatic heterocycles. The SMILES string of the molecule is CCOC(=O)C1=C(C)N=c2s/c(=C\c3ccc(OCc4ccc(Cl)cc4Cl)c(OC)c3)c(=O)n2[C@@H]1c1ccc(OCC)cc1. The molecule has 0 aliphatic carbocycles. The molecule has 0 spiro atoms. The lowest BCUT2D eigenvalue weighted by atomic mass is 9.96. The van der Waals surface area contributed by atoms with E-state index in [1.165, 1.54) is 11.3 Å². The summed E-state index contributed by atoms with van der Waals surface area (Å²) < 4.78 is 24.5. The summed E-state index contributed by atoms with van der Waals surface area (Å²) in [5.41, 5.74) is 2.78. The molecule has 0 radical (unpaired) electrons. The number of halogens is 2. The zero-order valence-corrected chi connectivity index (χ0v) is 26.9. The third kappa shape index (κ3) is 6.55. The van der Waals surface area contributed by atoms with E-state index in [1.807, 2.05) is 37.3 Å². The van der Waals surface area contributed by atoms with Gasteiger partial charge in [0.1, 0.15) is 12.4 Å². The van der Waals surface area contributed by atoms with Crippen LogP contribution in [0.1, 0.15) is 43.5 Å². The highest BCUT2D eigenvalue weighted by molar-refractivity contribution is 7.07. The summed E-state index contributed by atoms with van der Waals surface area (Å²) in [6.45, 7) is 6.35. The van der Waals surface area contributed by atoms with Gasteiger partial charge in [0.2, 0.25) is 0 Å². The number of carbonyl (C=O) groups excluding carboxylic acids is 1. The number of thiazole rings is 1. The number of rotatable bonds is 10. The van der Waals surface area contributed by atoms with E-state index in [2.05, 4.69) is 4.99 Å². The molecule has 0 unspecified atom stereocenters. The fraction of sp³-hybridized carbons (Fsp3) is 0.242. The summed E-state index contributed by atoms with van der Waals surface area (Å²) in [5.74, 6) is 1.19. The molecule has 4 aromatic rings. The average Bonchev–Trinajstić information content (AvgIpc) is 3.30. The molecule has 2 heterocycles. The van der Waals surface area contributed by atoms with Crippen molar-refractivity contribution in [3.05, 3.63) is 118 Å². The van der Waals surface area contributed by atoms with E-state index in [9.17, 15) is 9.59 Å². The third-order valence-electron chi connectivity index (χ3n) is 6.91. The first-order chi connectivity index (χ1) is 21.2. The lowest BCUT2D eigenvalue weighted by Gasteiger charge is -2.24. The van der Waals surface area contributed by atoms with Crippen LogP contribution in [0.2, 0.25) is 10.0 Å². The van der Waals surface area contributed by atoms with E-state index in [0.29, 0.717) is 54.5 Å². The minimum atomic E-state index is -0.715. The maximum Gasteiger partial charge on any atom is 0.338 e. The maximum atomic E-state index is 13.9. The Morgan fingerprint density at radius 2 is 1.77 bits per heavy atom. The number of hydrogen-bond donors (Lipinski definition) is 0. The molecule has 1 aliphatic rings. The van der Waals surface area contributed by atoms with Crippen LogP contribution in [0.4, 0.5) is 0 Å².